The van der Waals surface area contributed by atoms with Crippen molar-refractivity contribution in [2.75, 3.05) is 52.9 Å². The first kappa shape index (κ1) is 23.7. The predicted octanol–water partition coefficient (Wildman–Crippen LogP) is 0.0857. The fraction of sp³-hybridized carbons (Fsp3) is 0.706. The molecule has 2 saturated heterocycles. The number of rotatable bonds is 5. The lowest BCUT2D eigenvalue weighted by Crippen LogP contribution is -2.55. The number of carbonyl (C=O) groups is 2. The summed E-state index contributed by atoms with van der Waals surface area (Å²) in [5, 5.41) is 10.6. The number of likely N-dealkylation sites (N-methyl/N-ethyl adjacent to an activating group) is 1. The van der Waals surface area contributed by atoms with Crippen LogP contribution in [-0.4, -0.2) is 84.3 Å². The minimum atomic E-state index is -0.647. The molecule has 0 bridgehead atoms. The SMILES string of the molecule is CN1CCN(C(=O)CCNC(=O)C2(n3cccn3)CCNCC2)CC1.Cl.Cl. The number of amides is 2. The number of hydrogen-bond donors (Lipinski definition) is 2. The summed E-state index contributed by atoms with van der Waals surface area (Å²) < 4.78 is 1.77. The van der Waals surface area contributed by atoms with E-state index in [1.165, 1.54) is 0 Å². The molecule has 0 spiro atoms. The predicted molar refractivity (Wildman–Crippen MR) is 109 cm³/mol. The molecule has 0 saturated carbocycles. The maximum Gasteiger partial charge on any atom is 0.248 e. The highest BCUT2D eigenvalue weighted by atomic mass is 35.5. The molecule has 3 heterocycles. The smallest absolute Gasteiger partial charge is 0.248 e. The maximum absolute atomic E-state index is 12.9. The van der Waals surface area contributed by atoms with Crippen molar-refractivity contribution in [3.05, 3.63) is 18.5 Å². The van der Waals surface area contributed by atoms with Crippen LogP contribution >= 0.6 is 24.8 Å². The highest BCUT2D eigenvalue weighted by Gasteiger charge is 2.41. The summed E-state index contributed by atoms with van der Waals surface area (Å²) in [5.74, 6) is 0.0794. The molecule has 1 aromatic rings. The number of nitrogens with one attached hydrogen (secondary N) is 2. The first-order chi connectivity index (χ1) is 12.1. The molecular formula is C17H30Cl2N6O2. The first-order valence-corrected chi connectivity index (χ1v) is 9.07. The van der Waals surface area contributed by atoms with Gasteiger partial charge in [-0.3, -0.25) is 14.3 Å². The average Bonchev–Trinajstić information content (AvgIpc) is 3.18. The fourth-order valence-corrected chi connectivity index (χ4v) is 3.58. The fourth-order valence-electron chi connectivity index (χ4n) is 3.58. The van der Waals surface area contributed by atoms with Gasteiger partial charge >= 0.3 is 0 Å². The summed E-state index contributed by atoms with van der Waals surface area (Å²) in [7, 11) is 2.07. The van der Waals surface area contributed by atoms with Crippen LogP contribution in [0.1, 0.15) is 19.3 Å². The number of hydrogen-bond acceptors (Lipinski definition) is 5. The zero-order chi connectivity index (χ0) is 17.7. The van der Waals surface area contributed by atoms with Gasteiger partial charge in [0.25, 0.3) is 0 Å². The molecule has 2 aliphatic rings. The van der Waals surface area contributed by atoms with Crippen LogP contribution in [0.25, 0.3) is 0 Å². The lowest BCUT2D eigenvalue weighted by Gasteiger charge is -2.36. The van der Waals surface area contributed by atoms with E-state index < -0.39 is 5.54 Å². The van der Waals surface area contributed by atoms with Crippen LogP contribution in [0.4, 0.5) is 0 Å². The zero-order valence-electron chi connectivity index (χ0n) is 15.7. The van der Waals surface area contributed by atoms with Gasteiger partial charge in [0.15, 0.2) is 0 Å². The van der Waals surface area contributed by atoms with Crippen LogP contribution in [0.15, 0.2) is 18.5 Å². The number of piperidine rings is 1. The van der Waals surface area contributed by atoms with E-state index in [4.69, 9.17) is 0 Å². The molecule has 3 rings (SSSR count). The second-order valence-corrected chi connectivity index (χ2v) is 6.92. The van der Waals surface area contributed by atoms with Crippen molar-refractivity contribution in [2.24, 2.45) is 0 Å². The second-order valence-electron chi connectivity index (χ2n) is 6.92. The third-order valence-corrected chi connectivity index (χ3v) is 5.28. The molecule has 0 aromatic carbocycles. The Morgan fingerprint density at radius 3 is 2.41 bits per heavy atom. The molecule has 27 heavy (non-hydrogen) atoms. The Balaban J connectivity index is 0.00000182. The van der Waals surface area contributed by atoms with Crippen molar-refractivity contribution >= 4 is 36.6 Å². The number of nitrogens with zero attached hydrogens (tertiary/aromatic N) is 4. The molecule has 0 aliphatic carbocycles. The van der Waals surface area contributed by atoms with E-state index >= 15 is 0 Å². The molecule has 2 aliphatic heterocycles. The van der Waals surface area contributed by atoms with Gasteiger partial charge in [-0.05, 0) is 39.0 Å². The molecule has 2 amide bonds. The Bertz CT molecular complexity index is 584. The van der Waals surface area contributed by atoms with Gasteiger partial charge in [-0.25, -0.2) is 0 Å². The normalized spacial score (nSPS) is 19.5. The van der Waals surface area contributed by atoms with Crippen molar-refractivity contribution in [3.8, 4) is 0 Å². The zero-order valence-corrected chi connectivity index (χ0v) is 17.4. The van der Waals surface area contributed by atoms with Crippen LogP contribution < -0.4 is 10.6 Å². The van der Waals surface area contributed by atoms with Crippen molar-refractivity contribution in [1.82, 2.24) is 30.2 Å². The van der Waals surface area contributed by atoms with Crippen molar-refractivity contribution in [2.45, 2.75) is 24.8 Å². The van der Waals surface area contributed by atoms with Gasteiger partial charge in [0, 0.05) is 51.5 Å². The number of halogens is 2. The average molecular weight is 421 g/mol. The second kappa shape index (κ2) is 10.8. The Hall–Kier alpha value is -1.35. The van der Waals surface area contributed by atoms with Gasteiger partial charge in [-0.15, -0.1) is 24.8 Å². The summed E-state index contributed by atoms with van der Waals surface area (Å²) in [6, 6.07) is 1.84. The first-order valence-electron chi connectivity index (χ1n) is 9.07. The van der Waals surface area contributed by atoms with E-state index in [2.05, 4.69) is 27.7 Å². The topological polar surface area (TPSA) is 82.5 Å². The van der Waals surface area contributed by atoms with Gasteiger partial charge in [-0.1, -0.05) is 0 Å². The third kappa shape index (κ3) is 5.57. The van der Waals surface area contributed by atoms with Crippen molar-refractivity contribution in [1.29, 1.82) is 0 Å². The maximum atomic E-state index is 12.9. The number of carbonyl (C=O) groups excluding carboxylic acids is 2. The summed E-state index contributed by atoms with van der Waals surface area (Å²) in [4.78, 5) is 29.3. The molecule has 1 aromatic heterocycles. The van der Waals surface area contributed by atoms with Crippen LogP contribution in [0.3, 0.4) is 0 Å². The van der Waals surface area contributed by atoms with Crippen LogP contribution in [0.2, 0.25) is 0 Å². The van der Waals surface area contributed by atoms with Crippen LogP contribution in [0, 0.1) is 0 Å². The summed E-state index contributed by atoms with van der Waals surface area (Å²) in [6.45, 7) is 5.31. The largest absolute Gasteiger partial charge is 0.353 e. The quantitative estimate of drug-likeness (QED) is 0.704. The molecule has 0 radical (unpaired) electrons. The monoisotopic (exact) mass is 420 g/mol. The highest BCUT2D eigenvalue weighted by Crippen LogP contribution is 2.27. The van der Waals surface area contributed by atoms with E-state index in [-0.39, 0.29) is 36.6 Å². The van der Waals surface area contributed by atoms with Gasteiger partial charge < -0.3 is 20.4 Å². The molecule has 2 fully saturated rings. The third-order valence-electron chi connectivity index (χ3n) is 5.28. The summed E-state index contributed by atoms with van der Waals surface area (Å²) >= 11 is 0. The molecular weight excluding hydrogens is 391 g/mol. The van der Waals surface area contributed by atoms with Crippen molar-refractivity contribution < 1.29 is 9.59 Å². The molecule has 154 valence electrons. The van der Waals surface area contributed by atoms with Gasteiger partial charge in [0.1, 0.15) is 5.54 Å². The summed E-state index contributed by atoms with van der Waals surface area (Å²) in [5.41, 5.74) is -0.647. The number of piperazine rings is 1. The van der Waals surface area contributed by atoms with Crippen LogP contribution in [0.5, 0.6) is 0 Å². The standard InChI is InChI=1S/C17H28N6O2.2ClH/c1-21-11-13-22(14-12-21)15(24)3-7-19-16(25)17(4-8-18-9-5-17)23-10-2-6-20-23;;/h2,6,10,18H,3-5,7-9,11-14H2,1H3,(H,19,25);2*1H. The van der Waals surface area contributed by atoms with Crippen LogP contribution in [-0.2, 0) is 15.1 Å². The van der Waals surface area contributed by atoms with E-state index in [0.29, 0.717) is 25.8 Å². The van der Waals surface area contributed by atoms with Gasteiger partial charge in [0.05, 0.1) is 0 Å². The van der Waals surface area contributed by atoms with Crippen molar-refractivity contribution in [3.63, 3.8) is 0 Å². The molecule has 8 nitrogen and oxygen atoms in total. The van der Waals surface area contributed by atoms with Gasteiger partial charge in [-0.2, -0.15) is 5.10 Å². The van der Waals surface area contributed by atoms with Gasteiger partial charge in [0.2, 0.25) is 11.8 Å². The Labute approximate surface area is 172 Å². The molecule has 2 N–H and O–H groups in total. The minimum Gasteiger partial charge on any atom is -0.353 e. The highest BCUT2D eigenvalue weighted by molar-refractivity contribution is 5.86. The van der Waals surface area contributed by atoms with E-state index in [1.807, 2.05) is 17.2 Å². The number of aromatic nitrogens is 2. The Morgan fingerprint density at radius 1 is 1.15 bits per heavy atom. The lowest BCUT2D eigenvalue weighted by molar-refractivity contribution is -0.134. The van der Waals surface area contributed by atoms with E-state index in [1.54, 1.807) is 10.9 Å². The summed E-state index contributed by atoms with van der Waals surface area (Å²) in [6.07, 6.45) is 5.30. The Kier molecular flexibility index (Phi) is 9.52. The minimum absolute atomic E-state index is 0. The Morgan fingerprint density at radius 2 is 1.81 bits per heavy atom. The molecule has 10 heteroatoms. The lowest BCUT2D eigenvalue weighted by atomic mass is 9.87. The molecule has 0 atom stereocenters. The van der Waals surface area contributed by atoms with E-state index in [0.717, 1.165) is 39.3 Å². The van der Waals surface area contributed by atoms with E-state index in [9.17, 15) is 9.59 Å². The molecule has 0 unspecified atom stereocenters.